The van der Waals surface area contributed by atoms with Crippen molar-refractivity contribution >= 4 is 26.0 Å². The Morgan fingerprint density at radius 1 is 1.12 bits per heavy atom. The van der Waals surface area contributed by atoms with Crippen molar-refractivity contribution in [3.05, 3.63) is 53.0 Å². The smallest absolute Gasteiger partial charge is 0.243 e. The first-order valence-electron chi connectivity index (χ1n) is 7.53. The van der Waals surface area contributed by atoms with E-state index in [1.807, 2.05) is 0 Å². The van der Waals surface area contributed by atoms with Gasteiger partial charge in [-0.15, -0.1) is 5.10 Å². The van der Waals surface area contributed by atoms with Gasteiger partial charge in [0.1, 0.15) is 12.2 Å². The van der Waals surface area contributed by atoms with E-state index in [0.717, 1.165) is 10.2 Å². The molecule has 25 heavy (non-hydrogen) atoms. The molecular formula is C14H14BrN7O2S. The molecule has 0 unspecified atom stereocenters. The maximum atomic E-state index is 12.6. The SMILES string of the molecule is O=S(=O)(c1ccc(Br)cc1)N1CC(n2cc(Cn3nccn3)nn2)C1. The van der Waals surface area contributed by atoms with E-state index in [4.69, 9.17) is 0 Å². The molecule has 130 valence electrons. The Morgan fingerprint density at radius 3 is 2.48 bits per heavy atom. The van der Waals surface area contributed by atoms with Crippen LogP contribution in [0.3, 0.4) is 0 Å². The van der Waals surface area contributed by atoms with Gasteiger partial charge in [0.25, 0.3) is 0 Å². The van der Waals surface area contributed by atoms with Crippen LogP contribution in [0.1, 0.15) is 11.7 Å². The van der Waals surface area contributed by atoms with Gasteiger partial charge in [0.05, 0.1) is 29.5 Å². The van der Waals surface area contributed by atoms with Gasteiger partial charge in [0.15, 0.2) is 0 Å². The van der Waals surface area contributed by atoms with Gasteiger partial charge in [0, 0.05) is 17.6 Å². The number of benzene rings is 1. The first-order valence-corrected chi connectivity index (χ1v) is 9.76. The average Bonchev–Trinajstić information content (AvgIpc) is 3.19. The van der Waals surface area contributed by atoms with Gasteiger partial charge >= 0.3 is 0 Å². The topological polar surface area (TPSA) is 98.8 Å². The Hall–Kier alpha value is -2.11. The van der Waals surface area contributed by atoms with Gasteiger partial charge in [-0.3, -0.25) is 0 Å². The highest BCUT2D eigenvalue weighted by Crippen LogP contribution is 2.28. The monoisotopic (exact) mass is 423 g/mol. The Labute approximate surface area is 152 Å². The third-order valence-corrected chi connectivity index (χ3v) is 6.36. The van der Waals surface area contributed by atoms with Crippen molar-refractivity contribution < 1.29 is 8.42 Å². The van der Waals surface area contributed by atoms with E-state index >= 15 is 0 Å². The number of sulfonamides is 1. The fourth-order valence-electron chi connectivity index (χ4n) is 2.57. The minimum atomic E-state index is -3.47. The summed E-state index contributed by atoms with van der Waals surface area (Å²) in [6, 6.07) is 6.61. The van der Waals surface area contributed by atoms with E-state index in [0.29, 0.717) is 19.6 Å². The molecule has 0 aliphatic carbocycles. The zero-order valence-corrected chi connectivity index (χ0v) is 15.4. The van der Waals surface area contributed by atoms with Crippen LogP contribution >= 0.6 is 15.9 Å². The molecule has 1 saturated heterocycles. The van der Waals surface area contributed by atoms with Gasteiger partial charge < -0.3 is 0 Å². The molecule has 0 N–H and O–H groups in total. The molecule has 0 radical (unpaired) electrons. The van der Waals surface area contributed by atoms with Crippen LogP contribution < -0.4 is 0 Å². The summed E-state index contributed by atoms with van der Waals surface area (Å²) in [7, 11) is -3.47. The van der Waals surface area contributed by atoms with E-state index in [9.17, 15) is 8.42 Å². The minimum Gasteiger partial charge on any atom is -0.246 e. The van der Waals surface area contributed by atoms with Crippen LogP contribution in [0.25, 0.3) is 0 Å². The largest absolute Gasteiger partial charge is 0.246 e. The summed E-state index contributed by atoms with van der Waals surface area (Å²) >= 11 is 3.31. The predicted octanol–water partition coefficient (Wildman–Crippen LogP) is 0.926. The number of rotatable bonds is 5. The molecule has 3 aromatic rings. The van der Waals surface area contributed by atoms with Crippen molar-refractivity contribution in [3.8, 4) is 0 Å². The first kappa shape index (κ1) is 16.4. The van der Waals surface area contributed by atoms with E-state index in [-0.39, 0.29) is 10.9 Å². The fraction of sp³-hybridized carbons (Fsp3) is 0.286. The number of hydrogen-bond donors (Lipinski definition) is 0. The molecule has 1 aliphatic rings. The molecule has 1 aliphatic heterocycles. The highest BCUT2D eigenvalue weighted by Gasteiger charge is 2.38. The third kappa shape index (κ3) is 3.22. The molecule has 0 saturated carbocycles. The van der Waals surface area contributed by atoms with Crippen molar-refractivity contribution in [2.24, 2.45) is 0 Å². The van der Waals surface area contributed by atoms with Gasteiger partial charge in [-0.1, -0.05) is 21.1 Å². The Morgan fingerprint density at radius 2 is 1.80 bits per heavy atom. The Balaban J connectivity index is 1.41. The van der Waals surface area contributed by atoms with Crippen molar-refractivity contribution in [1.82, 2.24) is 34.3 Å². The highest BCUT2D eigenvalue weighted by atomic mass is 79.9. The molecule has 2 aromatic heterocycles. The number of halogens is 1. The van der Waals surface area contributed by atoms with Gasteiger partial charge in [0.2, 0.25) is 10.0 Å². The van der Waals surface area contributed by atoms with Crippen LogP contribution in [0.5, 0.6) is 0 Å². The molecule has 9 nitrogen and oxygen atoms in total. The highest BCUT2D eigenvalue weighted by molar-refractivity contribution is 9.10. The van der Waals surface area contributed by atoms with Crippen molar-refractivity contribution in [2.75, 3.05) is 13.1 Å². The number of aromatic nitrogens is 6. The molecule has 4 rings (SSSR count). The molecule has 11 heteroatoms. The van der Waals surface area contributed by atoms with E-state index < -0.39 is 10.0 Å². The second kappa shape index (κ2) is 6.32. The molecule has 0 bridgehead atoms. The van der Waals surface area contributed by atoms with E-state index in [1.165, 1.54) is 9.10 Å². The van der Waals surface area contributed by atoms with Crippen molar-refractivity contribution in [1.29, 1.82) is 0 Å². The summed E-state index contributed by atoms with van der Waals surface area (Å²) in [6.07, 6.45) is 5.00. The molecule has 0 atom stereocenters. The Bertz CT molecular complexity index is 963. The summed E-state index contributed by atoms with van der Waals surface area (Å²) in [5, 5.41) is 16.2. The quantitative estimate of drug-likeness (QED) is 0.604. The second-order valence-corrected chi connectivity index (χ2v) is 8.53. The average molecular weight is 424 g/mol. The molecule has 1 aromatic carbocycles. The van der Waals surface area contributed by atoms with Crippen LogP contribution in [0.15, 0.2) is 52.2 Å². The summed E-state index contributed by atoms with van der Waals surface area (Å²) in [4.78, 5) is 1.80. The standard InChI is InChI=1S/C14H14BrN7O2S/c15-11-1-3-14(4-2-11)25(23,24)20-9-13(10-20)21-7-12(18-19-21)8-22-16-5-6-17-22/h1-7,13H,8-10H2. The van der Waals surface area contributed by atoms with Gasteiger partial charge in [-0.05, 0) is 24.3 Å². The van der Waals surface area contributed by atoms with Crippen LogP contribution in [-0.2, 0) is 16.6 Å². The van der Waals surface area contributed by atoms with E-state index in [1.54, 1.807) is 47.5 Å². The lowest BCUT2D eigenvalue weighted by Gasteiger charge is -2.37. The molecule has 1 fully saturated rings. The van der Waals surface area contributed by atoms with Crippen molar-refractivity contribution in [2.45, 2.75) is 17.5 Å². The zero-order valence-electron chi connectivity index (χ0n) is 13.0. The second-order valence-electron chi connectivity index (χ2n) is 5.68. The summed E-state index contributed by atoms with van der Waals surface area (Å²) in [5.41, 5.74) is 0.727. The number of nitrogens with zero attached hydrogens (tertiary/aromatic N) is 7. The minimum absolute atomic E-state index is 0.0166. The van der Waals surface area contributed by atoms with Crippen LogP contribution in [0.4, 0.5) is 0 Å². The lowest BCUT2D eigenvalue weighted by atomic mass is 10.2. The molecule has 0 amide bonds. The third-order valence-electron chi connectivity index (χ3n) is 3.98. The van der Waals surface area contributed by atoms with E-state index in [2.05, 4.69) is 36.4 Å². The van der Waals surface area contributed by atoms with Crippen molar-refractivity contribution in [3.63, 3.8) is 0 Å². The zero-order chi connectivity index (χ0) is 17.4. The summed E-state index contributed by atoms with van der Waals surface area (Å²) in [5.74, 6) is 0. The molecule has 0 spiro atoms. The summed E-state index contributed by atoms with van der Waals surface area (Å²) in [6.45, 7) is 1.18. The normalized spacial score (nSPS) is 16.0. The van der Waals surface area contributed by atoms with Gasteiger partial charge in [-0.2, -0.15) is 19.3 Å². The first-order chi connectivity index (χ1) is 12.0. The van der Waals surface area contributed by atoms with Crippen LogP contribution in [0, 0.1) is 0 Å². The molecular weight excluding hydrogens is 410 g/mol. The maximum absolute atomic E-state index is 12.6. The van der Waals surface area contributed by atoms with Gasteiger partial charge in [-0.25, -0.2) is 13.1 Å². The fourth-order valence-corrected chi connectivity index (χ4v) is 4.35. The maximum Gasteiger partial charge on any atom is 0.243 e. The van der Waals surface area contributed by atoms with Crippen LogP contribution in [0.2, 0.25) is 0 Å². The predicted molar refractivity (Wildman–Crippen MR) is 91.1 cm³/mol. The lowest BCUT2D eigenvalue weighted by molar-refractivity contribution is 0.189. The van der Waals surface area contributed by atoms with Crippen LogP contribution in [-0.4, -0.2) is 55.8 Å². The number of hydrogen-bond acceptors (Lipinski definition) is 6. The summed E-state index contributed by atoms with van der Waals surface area (Å²) < 4.78 is 29.1. The lowest BCUT2D eigenvalue weighted by Crippen LogP contribution is -2.50. The molecule has 3 heterocycles. The Kier molecular flexibility index (Phi) is 4.13.